The summed E-state index contributed by atoms with van der Waals surface area (Å²) in [6.45, 7) is 7.97. The normalized spacial score (nSPS) is 12.0. The van der Waals surface area contributed by atoms with Crippen molar-refractivity contribution in [3.05, 3.63) is 68.7 Å². The Labute approximate surface area is 176 Å². The number of oxime groups is 2. The van der Waals surface area contributed by atoms with Gasteiger partial charge < -0.3 is 15.0 Å². The van der Waals surface area contributed by atoms with Gasteiger partial charge in [-0.05, 0) is 56.5 Å². The van der Waals surface area contributed by atoms with Gasteiger partial charge in [-0.1, -0.05) is 40.1 Å². The van der Waals surface area contributed by atoms with E-state index in [1.54, 1.807) is 13.1 Å². The van der Waals surface area contributed by atoms with Crippen molar-refractivity contribution in [3.8, 4) is 0 Å². The lowest BCUT2D eigenvalue weighted by molar-refractivity contribution is -0.114. The zero-order chi connectivity index (χ0) is 21.6. The Morgan fingerprint density at radius 2 is 1.86 bits per heavy atom. The Bertz CT molecular complexity index is 945. The molecule has 0 aliphatic carbocycles. The van der Waals surface area contributed by atoms with Crippen molar-refractivity contribution in [2.45, 2.75) is 34.3 Å². The van der Waals surface area contributed by atoms with Crippen LogP contribution in [0.2, 0.25) is 5.02 Å². The van der Waals surface area contributed by atoms with Gasteiger partial charge in [-0.2, -0.15) is 0 Å². The molecule has 1 amide bonds. The summed E-state index contributed by atoms with van der Waals surface area (Å²) in [6.07, 6.45) is 0. The maximum Gasteiger partial charge on any atom is 0.273 e. The van der Waals surface area contributed by atoms with Crippen molar-refractivity contribution < 1.29 is 14.5 Å². The Hall–Kier alpha value is -2.86. The number of nitrogens with one attached hydrogen (secondary N) is 1. The zero-order valence-electron chi connectivity index (χ0n) is 17.6. The van der Waals surface area contributed by atoms with Crippen molar-refractivity contribution in [2.75, 3.05) is 14.2 Å². The minimum atomic E-state index is -0.344. The van der Waals surface area contributed by atoms with Crippen LogP contribution >= 0.6 is 11.6 Å². The molecule has 2 aromatic rings. The fourth-order valence-corrected chi connectivity index (χ4v) is 3.08. The van der Waals surface area contributed by atoms with Gasteiger partial charge in [-0.3, -0.25) is 4.79 Å². The quantitative estimate of drug-likeness (QED) is 0.541. The molecule has 0 radical (unpaired) electrons. The zero-order valence-corrected chi connectivity index (χ0v) is 18.3. The van der Waals surface area contributed by atoms with Gasteiger partial charge in [0, 0.05) is 28.8 Å². The maximum atomic E-state index is 12.2. The number of nitrogens with zero attached hydrogens (tertiary/aromatic N) is 2. The first kappa shape index (κ1) is 22.4. The summed E-state index contributed by atoms with van der Waals surface area (Å²) in [6, 6.07) is 9.50. The predicted octanol–water partition coefficient (Wildman–Crippen LogP) is 4.30. The van der Waals surface area contributed by atoms with Crippen LogP contribution in [0.4, 0.5) is 0 Å². The summed E-state index contributed by atoms with van der Waals surface area (Å²) in [5.74, 6) is -0.344. The third kappa shape index (κ3) is 5.35. The molecule has 0 aliphatic rings. The lowest BCUT2D eigenvalue weighted by atomic mass is 9.98. The summed E-state index contributed by atoms with van der Waals surface area (Å²) in [5.41, 5.74) is 6.32. The molecule has 0 unspecified atom stereocenters. The monoisotopic (exact) mass is 415 g/mol. The van der Waals surface area contributed by atoms with Crippen LogP contribution < -0.4 is 5.32 Å². The molecule has 0 aromatic heterocycles. The van der Waals surface area contributed by atoms with Gasteiger partial charge >= 0.3 is 0 Å². The van der Waals surface area contributed by atoms with Gasteiger partial charge in [0.1, 0.15) is 13.7 Å². The minimum absolute atomic E-state index is 0.178. The molecule has 0 spiro atoms. The lowest BCUT2D eigenvalue weighted by Gasteiger charge is -2.13. The van der Waals surface area contributed by atoms with Crippen LogP contribution in [0.25, 0.3) is 0 Å². The Morgan fingerprint density at radius 3 is 2.48 bits per heavy atom. The molecule has 154 valence electrons. The molecule has 0 saturated heterocycles. The number of rotatable bonds is 7. The average molecular weight is 416 g/mol. The second-order valence-electron chi connectivity index (χ2n) is 6.65. The van der Waals surface area contributed by atoms with E-state index in [2.05, 4.69) is 15.6 Å². The van der Waals surface area contributed by atoms with E-state index in [9.17, 15) is 4.79 Å². The second-order valence-corrected chi connectivity index (χ2v) is 7.06. The number of halogens is 1. The van der Waals surface area contributed by atoms with E-state index in [1.807, 2.05) is 52.0 Å². The van der Waals surface area contributed by atoms with E-state index >= 15 is 0 Å². The third-order valence-electron chi connectivity index (χ3n) is 4.72. The van der Waals surface area contributed by atoms with Crippen molar-refractivity contribution >= 4 is 28.9 Å². The largest absolute Gasteiger partial charge is 0.398 e. The van der Waals surface area contributed by atoms with Crippen molar-refractivity contribution in [3.63, 3.8) is 0 Å². The SMILES string of the molecule is CNC(=O)/C(=N/OC)c1cccc(C)c1CO/N=C(\C)c1cc(C)c(C)c(Cl)c1. The molecular weight excluding hydrogens is 390 g/mol. The molecule has 0 fully saturated rings. The van der Waals surface area contributed by atoms with E-state index < -0.39 is 0 Å². The highest BCUT2D eigenvalue weighted by Crippen LogP contribution is 2.22. The number of aryl methyl sites for hydroxylation is 2. The molecule has 29 heavy (non-hydrogen) atoms. The lowest BCUT2D eigenvalue weighted by Crippen LogP contribution is -2.29. The van der Waals surface area contributed by atoms with Gasteiger partial charge in [0.25, 0.3) is 5.91 Å². The Balaban J connectivity index is 2.30. The number of carbonyl (C=O) groups is 1. The first-order chi connectivity index (χ1) is 13.8. The number of hydrogen-bond donors (Lipinski definition) is 1. The van der Waals surface area contributed by atoms with Crippen molar-refractivity contribution in [2.24, 2.45) is 10.3 Å². The Morgan fingerprint density at radius 1 is 1.14 bits per heavy atom. The number of hydrogen-bond acceptors (Lipinski definition) is 5. The molecule has 2 rings (SSSR count). The van der Waals surface area contributed by atoms with Crippen LogP contribution in [0.15, 0.2) is 40.6 Å². The highest BCUT2D eigenvalue weighted by molar-refractivity contribution is 6.45. The molecular formula is C22H26ClN3O3. The molecule has 6 nitrogen and oxygen atoms in total. The summed E-state index contributed by atoms with van der Waals surface area (Å²) in [7, 11) is 2.94. The van der Waals surface area contributed by atoms with Crippen LogP contribution in [-0.2, 0) is 21.1 Å². The van der Waals surface area contributed by atoms with Gasteiger partial charge in [0.05, 0.1) is 5.71 Å². The molecule has 1 N–H and O–H groups in total. The van der Waals surface area contributed by atoms with Crippen LogP contribution in [-0.4, -0.2) is 31.5 Å². The van der Waals surface area contributed by atoms with E-state index in [0.29, 0.717) is 16.3 Å². The average Bonchev–Trinajstić information content (AvgIpc) is 2.70. The fraction of sp³-hybridized carbons (Fsp3) is 0.318. The number of amides is 1. The summed E-state index contributed by atoms with van der Waals surface area (Å²) in [5, 5.41) is 11.4. The minimum Gasteiger partial charge on any atom is -0.398 e. The molecule has 0 saturated carbocycles. The summed E-state index contributed by atoms with van der Waals surface area (Å²) in [4.78, 5) is 22.7. The third-order valence-corrected chi connectivity index (χ3v) is 5.11. The van der Waals surface area contributed by atoms with Crippen molar-refractivity contribution in [1.82, 2.24) is 5.32 Å². The highest BCUT2D eigenvalue weighted by atomic mass is 35.5. The van der Waals surface area contributed by atoms with E-state index in [4.69, 9.17) is 21.3 Å². The maximum absolute atomic E-state index is 12.2. The number of likely N-dealkylation sites (N-methyl/N-ethyl adjacent to an activating group) is 1. The van der Waals surface area contributed by atoms with E-state index in [1.165, 1.54) is 7.11 Å². The molecule has 2 aromatic carbocycles. The first-order valence-electron chi connectivity index (χ1n) is 9.15. The van der Waals surface area contributed by atoms with E-state index in [0.717, 1.165) is 27.8 Å². The molecule has 0 atom stereocenters. The Kier molecular flexibility index (Phi) is 7.79. The number of carbonyl (C=O) groups excluding carboxylic acids is 1. The number of benzene rings is 2. The van der Waals surface area contributed by atoms with E-state index in [-0.39, 0.29) is 18.2 Å². The standard InChI is InChI=1S/C22H26ClN3O3/c1-13-8-7-9-18(21(26-28-6)22(27)24-5)19(13)12-29-25-16(4)17-10-14(2)15(3)20(23)11-17/h7-11H,12H2,1-6H3,(H,24,27)/b25-16+,26-21+. The fourth-order valence-electron chi connectivity index (χ4n) is 2.81. The van der Waals surface area contributed by atoms with Crippen LogP contribution in [0, 0.1) is 20.8 Å². The van der Waals surface area contributed by atoms with Crippen molar-refractivity contribution in [1.29, 1.82) is 0 Å². The molecule has 0 heterocycles. The van der Waals surface area contributed by atoms with Gasteiger partial charge in [0.15, 0.2) is 5.71 Å². The van der Waals surface area contributed by atoms with Gasteiger partial charge in [0.2, 0.25) is 0 Å². The van der Waals surface area contributed by atoms with Crippen LogP contribution in [0.5, 0.6) is 0 Å². The highest BCUT2D eigenvalue weighted by Gasteiger charge is 2.19. The molecule has 7 heteroatoms. The second kappa shape index (κ2) is 10.1. The van der Waals surface area contributed by atoms with Crippen LogP contribution in [0.1, 0.15) is 40.3 Å². The molecule has 0 aliphatic heterocycles. The summed E-state index contributed by atoms with van der Waals surface area (Å²) >= 11 is 6.28. The predicted molar refractivity (Wildman–Crippen MR) is 117 cm³/mol. The topological polar surface area (TPSA) is 72.3 Å². The van der Waals surface area contributed by atoms with Gasteiger partial charge in [-0.15, -0.1) is 0 Å². The first-order valence-corrected chi connectivity index (χ1v) is 9.53. The van der Waals surface area contributed by atoms with Gasteiger partial charge in [-0.25, -0.2) is 0 Å². The molecule has 0 bridgehead atoms. The summed E-state index contributed by atoms with van der Waals surface area (Å²) < 4.78 is 0. The van der Waals surface area contributed by atoms with Crippen LogP contribution in [0.3, 0.4) is 0 Å². The smallest absolute Gasteiger partial charge is 0.273 e.